The smallest absolute Gasteiger partial charge is 0.261 e. The third-order valence-electron chi connectivity index (χ3n) is 4.76. The average molecular weight is 431 g/mol. The molecule has 30 heavy (non-hydrogen) atoms. The molecule has 2 amide bonds. The summed E-state index contributed by atoms with van der Waals surface area (Å²) < 4.78 is 5.70. The zero-order chi connectivity index (χ0) is 22.5. The van der Waals surface area contributed by atoms with Crippen LogP contribution in [0, 0.1) is 13.8 Å². The highest BCUT2D eigenvalue weighted by Crippen LogP contribution is 2.21. The summed E-state index contributed by atoms with van der Waals surface area (Å²) in [6.45, 7) is 11.5. The highest BCUT2D eigenvalue weighted by atomic mass is 35.5. The van der Waals surface area contributed by atoms with Crippen LogP contribution in [0.15, 0.2) is 42.5 Å². The number of halogens is 1. The number of aryl methyl sites for hydroxylation is 2. The Balaban J connectivity index is 2.20. The Kier molecular flexibility index (Phi) is 7.90. The summed E-state index contributed by atoms with van der Waals surface area (Å²) in [5.74, 6) is 0.0991. The van der Waals surface area contributed by atoms with E-state index in [1.807, 2.05) is 58.9 Å². The van der Waals surface area contributed by atoms with Gasteiger partial charge in [0.2, 0.25) is 5.91 Å². The van der Waals surface area contributed by atoms with Gasteiger partial charge in [-0.2, -0.15) is 0 Å². The minimum absolute atomic E-state index is 0.167. The van der Waals surface area contributed by atoms with Crippen LogP contribution in [0.25, 0.3) is 0 Å². The fraction of sp³-hybridized carbons (Fsp3) is 0.417. The molecule has 2 rings (SSSR count). The maximum Gasteiger partial charge on any atom is 0.261 e. The van der Waals surface area contributed by atoms with Gasteiger partial charge in [0, 0.05) is 17.1 Å². The number of ether oxygens (including phenoxy) is 1. The summed E-state index contributed by atoms with van der Waals surface area (Å²) in [6, 6.07) is 12.4. The van der Waals surface area contributed by atoms with Gasteiger partial charge >= 0.3 is 0 Å². The largest absolute Gasteiger partial charge is 0.484 e. The quantitative estimate of drug-likeness (QED) is 0.694. The van der Waals surface area contributed by atoms with Gasteiger partial charge in [0.25, 0.3) is 5.91 Å². The molecule has 0 bridgehead atoms. The number of nitrogens with zero attached hydrogens (tertiary/aromatic N) is 1. The van der Waals surface area contributed by atoms with E-state index in [4.69, 9.17) is 16.3 Å². The molecule has 0 aliphatic carbocycles. The van der Waals surface area contributed by atoms with Crippen LogP contribution in [0.1, 0.15) is 44.4 Å². The van der Waals surface area contributed by atoms with Crippen LogP contribution in [-0.2, 0) is 16.1 Å². The van der Waals surface area contributed by atoms with Crippen molar-refractivity contribution >= 4 is 23.4 Å². The number of carbonyl (C=O) groups is 2. The monoisotopic (exact) mass is 430 g/mol. The molecule has 0 aliphatic rings. The predicted molar refractivity (Wildman–Crippen MR) is 121 cm³/mol. The number of amides is 2. The molecule has 0 heterocycles. The Morgan fingerprint density at radius 3 is 2.37 bits per heavy atom. The topological polar surface area (TPSA) is 58.6 Å². The van der Waals surface area contributed by atoms with Gasteiger partial charge in [-0.3, -0.25) is 9.59 Å². The van der Waals surface area contributed by atoms with Crippen LogP contribution in [0.4, 0.5) is 0 Å². The second-order valence-corrected chi connectivity index (χ2v) is 8.97. The molecule has 0 unspecified atom stereocenters. The van der Waals surface area contributed by atoms with Gasteiger partial charge in [0.15, 0.2) is 6.61 Å². The van der Waals surface area contributed by atoms with Crippen molar-refractivity contribution in [3.05, 3.63) is 64.2 Å². The molecule has 162 valence electrons. The van der Waals surface area contributed by atoms with E-state index in [1.165, 1.54) is 0 Å². The van der Waals surface area contributed by atoms with Crippen molar-refractivity contribution in [2.45, 2.75) is 59.7 Å². The van der Waals surface area contributed by atoms with Crippen LogP contribution >= 0.6 is 11.6 Å². The first-order valence-corrected chi connectivity index (χ1v) is 10.4. The molecule has 5 nitrogen and oxygen atoms in total. The van der Waals surface area contributed by atoms with E-state index in [1.54, 1.807) is 30.0 Å². The minimum atomic E-state index is -0.646. The van der Waals surface area contributed by atoms with Gasteiger partial charge in [0.05, 0.1) is 0 Å². The maximum atomic E-state index is 13.1. The number of hydrogen-bond donors (Lipinski definition) is 1. The maximum absolute atomic E-state index is 13.1. The molecule has 0 saturated heterocycles. The first-order chi connectivity index (χ1) is 14.0. The van der Waals surface area contributed by atoms with E-state index in [-0.39, 0.29) is 24.0 Å². The first-order valence-electron chi connectivity index (χ1n) is 10.0. The highest BCUT2D eigenvalue weighted by molar-refractivity contribution is 6.31. The van der Waals surface area contributed by atoms with E-state index < -0.39 is 6.04 Å². The Morgan fingerprint density at radius 2 is 1.77 bits per heavy atom. The molecule has 0 saturated carbocycles. The zero-order valence-corrected chi connectivity index (χ0v) is 19.3. The zero-order valence-electron chi connectivity index (χ0n) is 18.6. The van der Waals surface area contributed by atoms with Gasteiger partial charge < -0.3 is 15.0 Å². The second-order valence-electron chi connectivity index (χ2n) is 8.56. The van der Waals surface area contributed by atoms with Crippen LogP contribution in [0.2, 0.25) is 5.02 Å². The van der Waals surface area contributed by atoms with Crippen molar-refractivity contribution in [3.8, 4) is 5.75 Å². The molecular formula is C24H31ClN2O3. The molecule has 1 N–H and O–H groups in total. The third kappa shape index (κ3) is 6.77. The van der Waals surface area contributed by atoms with Crippen LogP contribution in [-0.4, -0.2) is 34.9 Å². The fourth-order valence-corrected chi connectivity index (χ4v) is 3.08. The summed E-state index contributed by atoms with van der Waals surface area (Å²) in [5.41, 5.74) is 2.54. The van der Waals surface area contributed by atoms with Gasteiger partial charge in [-0.1, -0.05) is 35.9 Å². The average Bonchev–Trinajstić information content (AvgIpc) is 2.66. The van der Waals surface area contributed by atoms with E-state index in [0.717, 1.165) is 16.7 Å². The molecule has 0 spiro atoms. The molecule has 0 aliphatic heterocycles. The number of rotatable bonds is 7. The van der Waals surface area contributed by atoms with Crippen molar-refractivity contribution in [3.63, 3.8) is 0 Å². The number of carbonyl (C=O) groups excluding carboxylic acids is 2. The Bertz CT molecular complexity index is 906. The van der Waals surface area contributed by atoms with Crippen LogP contribution in [0.3, 0.4) is 0 Å². The van der Waals surface area contributed by atoms with Crippen molar-refractivity contribution in [2.24, 2.45) is 0 Å². The summed E-state index contributed by atoms with van der Waals surface area (Å²) in [6.07, 6.45) is 0. The molecule has 1 atom stereocenters. The summed E-state index contributed by atoms with van der Waals surface area (Å²) >= 11 is 6.05. The normalized spacial score (nSPS) is 12.2. The minimum Gasteiger partial charge on any atom is -0.484 e. The van der Waals surface area contributed by atoms with Crippen molar-refractivity contribution < 1.29 is 14.3 Å². The molecule has 0 aromatic heterocycles. The summed E-state index contributed by atoms with van der Waals surface area (Å²) in [7, 11) is 0. The predicted octanol–water partition coefficient (Wildman–Crippen LogP) is 4.67. The first kappa shape index (κ1) is 23.7. The number of benzene rings is 2. The Labute approximate surface area is 184 Å². The van der Waals surface area contributed by atoms with Crippen molar-refractivity contribution in [1.82, 2.24) is 10.2 Å². The van der Waals surface area contributed by atoms with E-state index >= 15 is 0 Å². The molecule has 2 aromatic rings. The lowest BCUT2D eigenvalue weighted by molar-refractivity contribution is -0.142. The van der Waals surface area contributed by atoms with Crippen molar-refractivity contribution in [2.75, 3.05) is 6.61 Å². The lowest BCUT2D eigenvalue weighted by Crippen LogP contribution is -2.53. The summed E-state index contributed by atoms with van der Waals surface area (Å²) in [4.78, 5) is 27.4. The Hall–Kier alpha value is -2.53. The standard InChI is InChI=1S/C24H31ClN2O3/c1-16-9-7-8-10-19(16)14-27(18(3)23(29)26-24(4,5)6)22(28)15-30-20-11-12-21(25)17(2)13-20/h7-13,18H,14-15H2,1-6H3,(H,26,29)/t18-/m1/s1. The van der Waals surface area contributed by atoms with Gasteiger partial charge in [0.1, 0.15) is 11.8 Å². The Morgan fingerprint density at radius 1 is 1.10 bits per heavy atom. The number of hydrogen-bond acceptors (Lipinski definition) is 3. The van der Waals surface area contributed by atoms with Gasteiger partial charge in [-0.05, 0) is 76.4 Å². The fourth-order valence-electron chi connectivity index (χ4n) is 2.96. The lowest BCUT2D eigenvalue weighted by Gasteiger charge is -2.31. The molecule has 2 aromatic carbocycles. The molecule has 0 radical (unpaired) electrons. The van der Waals surface area contributed by atoms with Crippen molar-refractivity contribution in [1.29, 1.82) is 0 Å². The summed E-state index contributed by atoms with van der Waals surface area (Å²) in [5, 5.41) is 3.59. The van der Waals surface area contributed by atoms with Gasteiger partial charge in [-0.15, -0.1) is 0 Å². The van der Waals surface area contributed by atoms with E-state index in [9.17, 15) is 9.59 Å². The third-order valence-corrected chi connectivity index (χ3v) is 5.18. The van der Waals surface area contributed by atoms with Gasteiger partial charge in [-0.25, -0.2) is 0 Å². The molecule has 6 heteroatoms. The number of nitrogens with one attached hydrogen (secondary N) is 1. The van der Waals surface area contributed by atoms with Crippen LogP contribution < -0.4 is 10.1 Å². The molecular weight excluding hydrogens is 400 g/mol. The highest BCUT2D eigenvalue weighted by Gasteiger charge is 2.29. The van der Waals surface area contributed by atoms with E-state index in [0.29, 0.717) is 17.3 Å². The van der Waals surface area contributed by atoms with E-state index in [2.05, 4.69) is 5.32 Å². The van der Waals surface area contributed by atoms with Crippen LogP contribution in [0.5, 0.6) is 5.75 Å². The SMILES string of the molecule is Cc1cc(OCC(=O)N(Cc2ccccc2C)[C@H](C)C(=O)NC(C)(C)C)ccc1Cl. The second kappa shape index (κ2) is 9.98. The molecule has 0 fully saturated rings. The lowest BCUT2D eigenvalue weighted by atomic mass is 10.1.